The van der Waals surface area contributed by atoms with Crippen molar-refractivity contribution in [3.8, 4) is 0 Å². The number of ether oxygens (including phenoxy) is 1. The van der Waals surface area contributed by atoms with Gasteiger partial charge in [-0.2, -0.15) is 0 Å². The highest BCUT2D eigenvalue weighted by Crippen LogP contribution is 2.41. The van der Waals surface area contributed by atoms with Crippen molar-refractivity contribution in [1.82, 2.24) is 0 Å². The highest BCUT2D eigenvalue weighted by molar-refractivity contribution is 5.87. The van der Waals surface area contributed by atoms with E-state index in [0.717, 1.165) is 31.2 Å². The molecule has 1 aromatic carbocycles. The molecular weight excluding hydrogens is 272 g/mol. The molecule has 0 aliphatic heterocycles. The van der Waals surface area contributed by atoms with Crippen LogP contribution in [0.4, 0.5) is 0 Å². The number of carbonyl (C=O) groups is 1. The lowest BCUT2D eigenvalue weighted by atomic mass is 9.78. The van der Waals surface area contributed by atoms with Gasteiger partial charge in [-0.05, 0) is 49.1 Å². The summed E-state index contributed by atoms with van der Waals surface area (Å²) < 4.78 is 5.91. The first kappa shape index (κ1) is 16.8. The first-order chi connectivity index (χ1) is 10.2. The first-order valence-electron chi connectivity index (χ1n) is 8.24. The van der Waals surface area contributed by atoms with Crippen LogP contribution in [-0.2, 0) is 20.5 Å². The Morgan fingerprint density at radius 1 is 1.09 bits per heavy atom. The van der Waals surface area contributed by atoms with E-state index >= 15 is 0 Å². The maximum atomic E-state index is 12.1. The monoisotopic (exact) mass is 300 g/mol. The molecule has 0 amide bonds. The van der Waals surface area contributed by atoms with Crippen molar-refractivity contribution in [1.29, 1.82) is 0 Å². The van der Waals surface area contributed by atoms with Crippen LogP contribution >= 0.6 is 0 Å². The minimum Gasteiger partial charge on any atom is -0.451 e. The van der Waals surface area contributed by atoms with Crippen LogP contribution in [0, 0.1) is 0 Å². The average molecular weight is 300 g/mol. The predicted octanol–water partition coefficient (Wildman–Crippen LogP) is 5.26. The molecule has 0 bridgehead atoms. The third kappa shape index (κ3) is 3.60. The summed E-state index contributed by atoms with van der Waals surface area (Å²) in [5, 5.41) is 0. The van der Waals surface area contributed by atoms with E-state index in [1.165, 1.54) is 12.0 Å². The van der Waals surface area contributed by atoms with E-state index in [2.05, 4.69) is 51.6 Å². The van der Waals surface area contributed by atoms with Gasteiger partial charge in [-0.15, -0.1) is 0 Å². The average Bonchev–Trinajstić information content (AvgIpc) is 2.47. The van der Waals surface area contributed by atoms with Gasteiger partial charge in [-0.25, -0.2) is 4.79 Å². The fraction of sp³-hybridized carbons (Fsp3) is 0.550. The third-order valence-electron chi connectivity index (χ3n) is 4.57. The molecule has 2 nitrogen and oxygen atoms in total. The van der Waals surface area contributed by atoms with Gasteiger partial charge >= 0.3 is 5.97 Å². The molecule has 1 fully saturated rings. The van der Waals surface area contributed by atoms with Crippen molar-refractivity contribution in [2.75, 3.05) is 0 Å². The van der Waals surface area contributed by atoms with Gasteiger partial charge in [0.1, 0.15) is 5.60 Å². The highest BCUT2D eigenvalue weighted by atomic mass is 16.6. The fourth-order valence-electron chi connectivity index (χ4n) is 3.11. The summed E-state index contributed by atoms with van der Waals surface area (Å²) in [4.78, 5) is 12.1. The molecule has 1 aromatic rings. The predicted molar refractivity (Wildman–Crippen MR) is 90.8 cm³/mol. The Balaban J connectivity index is 2.33. The molecule has 0 N–H and O–H groups in total. The molecule has 120 valence electrons. The van der Waals surface area contributed by atoms with E-state index in [9.17, 15) is 4.79 Å². The Morgan fingerprint density at radius 2 is 1.64 bits per heavy atom. The molecule has 1 aliphatic carbocycles. The molecule has 0 spiro atoms. The molecular formula is C20H28O2. The second-order valence-electron chi connectivity index (χ2n) is 7.55. The lowest BCUT2D eigenvalue weighted by Crippen LogP contribution is -2.35. The Morgan fingerprint density at radius 3 is 2.09 bits per heavy atom. The van der Waals surface area contributed by atoms with Crippen molar-refractivity contribution < 1.29 is 9.53 Å². The van der Waals surface area contributed by atoms with E-state index in [4.69, 9.17) is 4.74 Å². The zero-order valence-corrected chi connectivity index (χ0v) is 14.4. The molecule has 0 radical (unpaired) electrons. The summed E-state index contributed by atoms with van der Waals surface area (Å²) in [5.41, 5.74) is 2.55. The zero-order valence-electron chi connectivity index (χ0n) is 14.4. The Labute approximate surface area is 134 Å². The van der Waals surface area contributed by atoms with Gasteiger partial charge in [-0.3, -0.25) is 0 Å². The summed E-state index contributed by atoms with van der Waals surface area (Å²) in [5.74, 6) is -0.276. The molecule has 2 rings (SSSR count). The van der Waals surface area contributed by atoms with Crippen LogP contribution in [-0.4, -0.2) is 5.97 Å². The van der Waals surface area contributed by atoms with Gasteiger partial charge in [0.25, 0.3) is 0 Å². The number of rotatable bonds is 3. The summed E-state index contributed by atoms with van der Waals surface area (Å²) in [7, 11) is 0. The van der Waals surface area contributed by atoms with Crippen LogP contribution in [0.15, 0.2) is 36.4 Å². The number of esters is 1. The zero-order chi connectivity index (χ0) is 16.4. The van der Waals surface area contributed by atoms with Crippen LogP contribution in [0.3, 0.4) is 0 Å². The summed E-state index contributed by atoms with van der Waals surface area (Å²) in [6.07, 6.45) is 5.23. The van der Waals surface area contributed by atoms with Crippen molar-refractivity contribution in [2.24, 2.45) is 0 Å². The minimum atomic E-state index is -0.468. The van der Waals surface area contributed by atoms with Gasteiger partial charge in [0.2, 0.25) is 0 Å². The van der Waals surface area contributed by atoms with E-state index in [-0.39, 0.29) is 11.4 Å². The summed E-state index contributed by atoms with van der Waals surface area (Å²) in [6.45, 7) is 12.1. The van der Waals surface area contributed by atoms with Crippen molar-refractivity contribution in [3.63, 3.8) is 0 Å². The normalized spacial score (nSPS) is 17.8. The Hall–Kier alpha value is -1.57. The van der Waals surface area contributed by atoms with Crippen LogP contribution in [0.25, 0.3) is 0 Å². The minimum absolute atomic E-state index is 0.132. The number of hydrogen-bond donors (Lipinski definition) is 0. The van der Waals surface area contributed by atoms with Gasteiger partial charge in [0.15, 0.2) is 0 Å². The van der Waals surface area contributed by atoms with E-state index in [1.54, 1.807) is 6.92 Å². The molecule has 0 saturated heterocycles. The van der Waals surface area contributed by atoms with E-state index < -0.39 is 5.60 Å². The number of hydrogen-bond acceptors (Lipinski definition) is 2. The molecule has 1 saturated carbocycles. The number of benzene rings is 1. The van der Waals surface area contributed by atoms with Crippen LogP contribution < -0.4 is 0 Å². The molecule has 0 unspecified atom stereocenters. The van der Waals surface area contributed by atoms with Crippen LogP contribution in [0.2, 0.25) is 0 Å². The molecule has 1 aliphatic rings. The van der Waals surface area contributed by atoms with Gasteiger partial charge < -0.3 is 4.74 Å². The molecule has 22 heavy (non-hydrogen) atoms. The van der Waals surface area contributed by atoms with Gasteiger partial charge in [0, 0.05) is 5.57 Å². The second-order valence-corrected chi connectivity index (χ2v) is 7.55. The SMILES string of the molecule is C=C(C)C(=O)OC1(c2ccc(C(C)(C)C)cc2)CCCCC1. The molecule has 0 heterocycles. The summed E-state index contributed by atoms with van der Waals surface area (Å²) in [6, 6.07) is 8.61. The van der Waals surface area contributed by atoms with Crippen molar-refractivity contribution in [3.05, 3.63) is 47.5 Å². The quantitative estimate of drug-likeness (QED) is 0.562. The highest BCUT2D eigenvalue weighted by Gasteiger charge is 2.38. The Kier molecular flexibility index (Phi) is 4.79. The molecule has 2 heteroatoms. The standard InChI is InChI=1S/C20H28O2/c1-15(2)18(21)22-20(13-7-6-8-14-20)17-11-9-16(10-12-17)19(3,4)5/h9-12H,1,6-8,13-14H2,2-5H3. The third-order valence-corrected chi connectivity index (χ3v) is 4.57. The Bertz CT molecular complexity index is 540. The summed E-state index contributed by atoms with van der Waals surface area (Å²) >= 11 is 0. The number of carbonyl (C=O) groups excluding carboxylic acids is 1. The van der Waals surface area contributed by atoms with Gasteiger partial charge in [-0.1, -0.05) is 58.0 Å². The fourth-order valence-corrected chi connectivity index (χ4v) is 3.11. The second kappa shape index (κ2) is 6.28. The maximum absolute atomic E-state index is 12.1. The maximum Gasteiger partial charge on any atom is 0.333 e. The van der Waals surface area contributed by atoms with Gasteiger partial charge in [0.05, 0.1) is 0 Å². The largest absolute Gasteiger partial charge is 0.451 e. The van der Waals surface area contributed by atoms with Crippen LogP contribution in [0.1, 0.15) is 70.9 Å². The molecule has 0 atom stereocenters. The van der Waals surface area contributed by atoms with Crippen molar-refractivity contribution in [2.45, 2.75) is 70.8 Å². The topological polar surface area (TPSA) is 26.3 Å². The lowest BCUT2D eigenvalue weighted by molar-refractivity contribution is -0.160. The van der Waals surface area contributed by atoms with Crippen molar-refractivity contribution >= 4 is 5.97 Å². The smallest absolute Gasteiger partial charge is 0.333 e. The molecule has 0 aromatic heterocycles. The van der Waals surface area contributed by atoms with E-state index in [1.807, 2.05) is 0 Å². The lowest BCUT2D eigenvalue weighted by Gasteiger charge is -2.37. The van der Waals surface area contributed by atoms with Crippen LogP contribution in [0.5, 0.6) is 0 Å². The van der Waals surface area contributed by atoms with E-state index in [0.29, 0.717) is 5.57 Å². The first-order valence-corrected chi connectivity index (χ1v) is 8.24.